The van der Waals surface area contributed by atoms with E-state index in [1.165, 1.54) is 17.4 Å². The Balaban J connectivity index is 1.89. The molecule has 1 aliphatic carbocycles. The number of aryl methyl sites for hydroxylation is 1. The second kappa shape index (κ2) is 12.4. The Morgan fingerprint density at radius 2 is 1.75 bits per heavy atom. The molecule has 0 bridgehead atoms. The van der Waals surface area contributed by atoms with Crippen LogP contribution in [-0.2, 0) is 26.2 Å². The highest BCUT2D eigenvalue weighted by molar-refractivity contribution is 9.10. The summed E-state index contributed by atoms with van der Waals surface area (Å²) in [6.07, 6.45) is 6.22. The second-order valence-electron chi connectivity index (χ2n) is 9.37. The second-order valence-corrected chi connectivity index (χ2v) is 12.6. The summed E-state index contributed by atoms with van der Waals surface area (Å²) in [6, 6.07) is 11.7. The SMILES string of the molecule is Cc1ccc(Cl)cc1N(CC(=O)N(Cc1ccc(Br)cc1)[C@H](C)C(=O)NC1CCCCC1)S(C)(=O)=O. The van der Waals surface area contributed by atoms with E-state index in [2.05, 4.69) is 21.2 Å². The van der Waals surface area contributed by atoms with Gasteiger partial charge in [-0.15, -0.1) is 0 Å². The van der Waals surface area contributed by atoms with Gasteiger partial charge in [0.05, 0.1) is 11.9 Å². The topological polar surface area (TPSA) is 86.8 Å². The van der Waals surface area contributed by atoms with E-state index in [1.807, 2.05) is 24.3 Å². The zero-order chi connectivity index (χ0) is 26.5. The lowest BCUT2D eigenvalue weighted by Gasteiger charge is -2.33. The van der Waals surface area contributed by atoms with Crippen LogP contribution in [0.5, 0.6) is 0 Å². The van der Waals surface area contributed by atoms with Crippen molar-refractivity contribution in [1.29, 1.82) is 0 Å². The van der Waals surface area contributed by atoms with Crippen molar-refractivity contribution < 1.29 is 18.0 Å². The summed E-state index contributed by atoms with van der Waals surface area (Å²) >= 11 is 9.55. The molecule has 0 unspecified atom stereocenters. The monoisotopic (exact) mass is 597 g/mol. The number of rotatable bonds is 9. The molecule has 2 amide bonds. The number of nitrogens with zero attached hydrogens (tertiary/aromatic N) is 2. The van der Waals surface area contributed by atoms with Gasteiger partial charge in [-0.1, -0.05) is 65.0 Å². The van der Waals surface area contributed by atoms with E-state index in [4.69, 9.17) is 11.6 Å². The maximum atomic E-state index is 13.7. The highest BCUT2D eigenvalue weighted by Crippen LogP contribution is 2.27. The molecule has 10 heteroatoms. The lowest BCUT2D eigenvalue weighted by Crippen LogP contribution is -2.53. The summed E-state index contributed by atoms with van der Waals surface area (Å²) < 4.78 is 27.4. The number of hydrogen-bond acceptors (Lipinski definition) is 4. The van der Waals surface area contributed by atoms with Gasteiger partial charge in [0, 0.05) is 22.1 Å². The summed E-state index contributed by atoms with van der Waals surface area (Å²) in [5.41, 5.74) is 1.83. The molecule has 3 rings (SSSR count). The van der Waals surface area contributed by atoms with Gasteiger partial charge in [-0.3, -0.25) is 13.9 Å². The van der Waals surface area contributed by atoms with Gasteiger partial charge in [-0.05, 0) is 62.1 Å². The maximum absolute atomic E-state index is 13.7. The quantitative estimate of drug-likeness (QED) is 0.438. The van der Waals surface area contributed by atoms with Crippen LogP contribution in [0.15, 0.2) is 46.9 Å². The van der Waals surface area contributed by atoms with Crippen molar-refractivity contribution in [2.75, 3.05) is 17.1 Å². The summed E-state index contributed by atoms with van der Waals surface area (Å²) in [4.78, 5) is 28.3. The smallest absolute Gasteiger partial charge is 0.244 e. The lowest BCUT2D eigenvalue weighted by molar-refractivity contribution is -0.139. The first-order valence-electron chi connectivity index (χ1n) is 12.0. The van der Waals surface area contributed by atoms with E-state index in [1.54, 1.807) is 26.0 Å². The van der Waals surface area contributed by atoms with Gasteiger partial charge in [0.15, 0.2) is 0 Å². The first kappa shape index (κ1) is 28.5. The van der Waals surface area contributed by atoms with Crippen molar-refractivity contribution in [2.45, 2.75) is 64.6 Å². The third kappa shape index (κ3) is 7.70. The molecule has 1 fully saturated rings. The number of hydrogen-bond donors (Lipinski definition) is 1. The van der Waals surface area contributed by atoms with Gasteiger partial charge in [-0.25, -0.2) is 8.42 Å². The first-order valence-corrected chi connectivity index (χ1v) is 15.1. The maximum Gasteiger partial charge on any atom is 0.244 e. The van der Waals surface area contributed by atoms with Crippen LogP contribution in [0.3, 0.4) is 0 Å². The minimum Gasteiger partial charge on any atom is -0.352 e. The lowest BCUT2D eigenvalue weighted by atomic mass is 9.95. The van der Waals surface area contributed by atoms with Crippen molar-refractivity contribution in [3.8, 4) is 0 Å². The van der Waals surface area contributed by atoms with Gasteiger partial charge < -0.3 is 10.2 Å². The van der Waals surface area contributed by atoms with Crippen molar-refractivity contribution in [2.24, 2.45) is 0 Å². The number of nitrogens with one attached hydrogen (secondary N) is 1. The van der Waals surface area contributed by atoms with Crippen LogP contribution >= 0.6 is 27.5 Å². The predicted molar refractivity (Wildman–Crippen MR) is 148 cm³/mol. The fourth-order valence-corrected chi connectivity index (χ4v) is 5.71. The van der Waals surface area contributed by atoms with Crippen LogP contribution in [0, 0.1) is 6.92 Å². The first-order chi connectivity index (χ1) is 17.0. The molecular weight excluding hydrogens is 566 g/mol. The molecule has 0 aliphatic heterocycles. The number of anilines is 1. The molecule has 1 aliphatic rings. The Bertz CT molecular complexity index is 1180. The van der Waals surface area contributed by atoms with Crippen molar-refractivity contribution >= 4 is 55.1 Å². The van der Waals surface area contributed by atoms with Crippen LogP contribution in [0.25, 0.3) is 0 Å². The van der Waals surface area contributed by atoms with Gasteiger partial charge in [0.1, 0.15) is 12.6 Å². The van der Waals surface area contributed by atoms with Crippen LogP contribution in [0.2, 0.25) is 5.02 Å². The van der Waals surface area contributed by atoms with Gasteiger partial charge in [0.2, 0.25) is 21.8 Å². The Hall–Kier alpha value is -2.10. The minimum atomic E-state index is -3.81. The molecular formula is C26H33BrClN3O4S. The van der Waals surface area contributed by atoms with E-state index in [9.17, 15) is 18.0 Å². The molecule has 196 valence electrons. The number of carbonyl (C=O) groups excluding carboxylic acids is 2. The number of sulfonamides is 1. The minimum absolute atomic E-state index is 0.0972. The largest absolute Gasteiger partial charge is 0.352 e. The van der Waals surface area contributed by atoms with Crippen molar-refractivity contribution in [3.63, 3.8) is 0 Å². The molecule has 0 spiro atoms. The summed E-state index contributed by atoms with van der Waals surface area (Å²) in [7, 11) is -3.81. The standard InChI is InChI=1S/C26H33BrClN3O4S/c1-18-9-14-22(28)15-24(18)31(36(3,34)35)17-25(32)30(16-20-10-12-21(27)13-11-20)19(2)26(33)29-23-7-5-4-6-8-23/h9-15,19,23H,4-8,16-17H2,1-3H3,(H,29,33)/t19-/m1/s1. The highest BCUT2D eigenvalue weighted by Gasteiger charge is 2.31. The molecule has 36 heavy (non-hydrogen) atoms. The number of amides is 2. The van der Waals surface area contributed by atoms with E-state index >= 15 is 0 Å². The van der Waals surface area contributed by atoms with Crippen LogP contribution in [-0.4, -0.2) is 50.0 Å². The molecule has 0 heterocycles. The Morgan fingerprint density at radius 3 is 2.36 bits per heavy atom. The Labute approximate surface area is 227 Å². The molecule has 7 nitrogen and oxygen atoms in total. The summed E-state index contributed by atoms with van der Waals surface area (Å²) in [6.45, 7) is 3.16. The summed E-state index contributed by atoms with van der Waals surface area (Å²) in [5, 5.41) is 3.46. The predicted octanol–water partition coefficient (Wildman–Crippen LogP) is 5.04. The van der Waals surface area contributed by atoms with Crippen LogP contribution < -0.4 is 9.62 Å². The average molecular weight is 599 g/mol. The number of carbonyl (C=O) groups is 2. The Kier molecular flexibility index (Phi) is 9.83. The molecule has 0 radical (unpaired) electrons. The van der Waals surface area contributed by atoms with Crippen LogP contribution in [0.4, 0.5) is 5.69 Å². The molecule has 2 aromatic rings. The highest BCUT2D eigenvalue weighted by atomic mass is 79.9. The van der Waals surface area contributed by atoms with Crippen molar-refractivity contribution in [3.05, 3.63) is 63.1 Å². The van der Waals surface area contributed by atoms with E-state index < -0.39 is 28.5 Å². The average Bonchev–Trinajstić information content (AvgIpc) is 2.83. The van der Waals surface area contributed by atoms with E-state index in [-0.39, 0.29) is 18.5 Å². The molecule has 1 atom stereocenters. The van der Waals surface area contributed by atoms with Gasteiger partial charge in [0.25, 0.3) is 0 Å². The molecule has 1 saturated carbocycles. The van der Waals surface area contributed by atoms with Crippen molar-refractivity contribution in [1.82, 2.24) is 10.2 Å². The van der Waals surface area contributed by atoms with Crippen LogP contribution in [0.1, 0.15) is 50.2 Å². The third-order valence-electron chi connectivity index (χ3n) is 6.50. The molecule has 2 aromatic carbocycles. The fraction of sp³-hybridized carbons (Fsp3) is 0.462. The molecule has 1 N–H and O–H groups in total. The zero-order valence-electron chi connectivity index (χ0n) is 20.8. The van der Waals surface area contributed by atoms with E-state index in [0.29, 0.717) is 16.3 Å². The molecule has 0 saturated heterocycles. The Morgan fingerprint density at radius 1 is 1.11 bits per heavy atom. The van der Waals surface area contributed by atoms with E-state index in [0.717, 1.165) is 46.3 Å². The fourth-order valence-electron chi connectivity index (χ4n) is 4.38. The number of halogens is 2. The van der Waals surface area contributed by atoms with Gasteiger partial charge in [-0.2, -0.15) is 0 Å². The molecule has 0 aromatic heterocycles. The number of benzene rings is 2. The summed E-state index contributed by atoms with van der Waals surface area (Å²) in [5.74, 6) is -0.716. The third-order valence-corrected chi connectivity index (χ3v) is 8.39. The zero-order valence-corrected chi connectivity index (χ0v) is 24.0. The van der Waals surface area contributed by atoms with Gasteiger partial charge >= 0.3 is 0 Å². The normalized spacial score (nSPS) is 15.2.